The molecule has 0 saturated heterocycles. The van der Waals surface area contributed by atoms with E-state index < -0.39 is 0 Å². The number of rotatable bonds is 2. The minimum absolute atomic E-state index is 0.318. The van der Waals surface area contributed by atoms with Gasteiger partial charge >= 0.3 is 5.97 Å². The van der Waals surface area contributed by atoms with E-state index in [2.05, 4.69) is 27.6 Å². The first-order valence-electron chi connectivity index (χ1n) is 3.52. The van der Waals surface area contributed by atoms with Gasteiger partial charge in [-0.3, -0.25) is 0 Å². The Morgan fingerprint density at radius 2 is 2.42 bits per heavy atom. The Labute approximate surface area is 84.3 Å². The van der Waals surface area contributed by atoms with Crippen molar-refractivity contribution in [3.8, 4) is 0 Å². The maximum absolute atomic E-state index is 11.1. The molecule has 0 atom stereocenters. The van der Waals surface area contributed by atoms with Gasteiger partial charge in [-0.2, -0.15) is 0 Å². The summed E-state index contributed by atoms with van der Waals surface area (Å²) < 4.78 is 5.65. The van der Waals surface area contributed by atoms with Crippen LogP contribution in [0.5, 0.6) is 0 Å². The average molecular weight is 277 g/mol. The van der Waals surface area contributed by atoms with E-state index in [4.69, 9.17) is 4.74 Å². The van der Waals surface area contributed by atoms with E-state index >= 15 is 0 Å². The van der Waals surface area contributed by atoms with E-state index in [0.717, 1.165) is 3.70 Å². The van der Waals surface area contributed by atoms with Gasteiger partial charge in [-0.15, -0.1) is 0 Å². The standard InChI is InChI=1S/C8H8INO2/c1-2-12-8(11)6-3-4-7(9)10-5-6/h3-5H,2H2,1H3. The van der Waals surface area contributed by atoms with Gasteiger partial charge in [-0.25, -0.2) is 9.78 Å². The fourth-order valence-corrected chi connectivity index (χ4v) is 1.03. The lowest BCUT2D eigenvalue weighted by Crippen LogP contribution is -2.04. The molecule has 0 unspecified atom stereocenters. The largest absolute Gasteiger partial charge is 0.462 e. The third-order valence-electron chi connectivity index (χ3n) is 1.24. The number of aromatic nitrogens is 1. The predicted molar refractivity (Wildman–Crippen MR) is 52.9 cm³/mol. The van der Waals surface area contributed by atoms with Gasteiger partial charge in [-0.1, -0.05) is 0 Å². The number of carbonyl (C=O) groups is 1. The Morgan fingerprint density at radius 1 is 1.67 bits per heavy atom. The van der Waals surface area contributed by atoms with E-state index in [1.165, 1.54) is 6.20 Å². The van der Waals surface area contributed by atoms with Crippen LogP contribution in [0.1, 0.15) is 17.3 Å². The fourth-order valence-electron chi connectivity index (χ4n) is 0.711. The number of carbonyl (C=O) groups excluding carboxylic acids is 1. The maximum atomic E-state index is 11.1. The molecule has 1 heterocycles. The SMILES string of the molecule is CCOC(=O)c1ccc(I)nc1. The second-order valence-corrected chi connectivity index (χ2v) is 3.20. The van der Waals surface area contributed by atoms with Crippen molar-refractivity contribution in [3.05, 3.63) is 27.6 Å². The zero-order valence-electron chi connectivity index (χ0n) is 6.58. The highest BCUT2D eigenvalue weighted by molar-refractivity contribution is 14.1. The quantitative estimate of drug-likeness (QED) is 0.470. The summed E-state index contributed by atoms with van der Waals surface area (Å²) in [5.41, 5.74) is 0.497. The Balaban J connectivity index is 2.75. The summed E-state index contributed by atoms with van der Waals surface area (Å²) in [7, 11) is 0. The lowest BCUT2D eigenvalue weighted by Gasteiger charge is -1.99. The smallest absolute Gasteiger partial charge is 0.339 e. The van der Waals surface area contributed by atoms with E-state index in [1.54, 1.807) is 19.1 Å². The molecular formula is C8H8INO2. The molecule has 0 bridgehead atoms. The van der Waals surface area contributed by atoms with Crippen molar-refractivity contribution in [1.29, 1.82) is 0 Å². The highest BCUT2D eigenvalue weighted by atomic mass is 127. The summed E-state index contributed by atoms with van der Waals surface area (Å²) in [5, 5.41) is 0. The molecule has 12 heavy (non-hydrogen) atoms. The molecule has 3 nitrogen and oxygen atoms in total. The normalized spacial score (nSPS) is 9.50. The number of ether oxygens (including phenoxy) is 1. The zero-order chi connectivity index (χ0) is 8.97. The van der Waals surface area contributed by atoms with Crippen LogP contribution < -0.4 is 0 Å². The van der Waals surface area contributed by atoms with E-state index in [9.17, 15) is 4.79 Å². The molecule has 4 heteroatoms. The predicted octanol–water partition coefficient (Wildman–Crippen LogP) is 1.86. The Bertz CT molecular complexity index is 271. The monoisotopic (exact) mass is 277 g/mol. The molecule has 0 aliphatic heterocycles. The molecule has 0 spiro atoms. The van der Waals surface area contributed by atoms with E-state index in [0.29, 0.717) is 12.2 Å². The summed E-state index contributed by atoms with van der Waals surface area (Å²) in [5.74, 6) is -0.318. The van der Waals surface area contributed by atoms with Crippen molar-refractivity contribution < 1.29 is 9.53 Å². The van der Waals surface area contributed by atoms with Crippen LogP contribution in [-0.2, 0) is 4.74 Å². The zero-order valence-corrected chi connectivity index (χ0v) is 8.74. The van der Waals surface area contributed by atoms with Crippen LogP contribution in [0, 0.1) is 3.70 Å². The highest BCUT2D eigenvalue weighted by Gasteiger charge is 2.04. The Kier molecular flexibility index (Phi) is 3.46. The van der Waals surface area contributed by atoms with Gasteiger partial charge in [0.15, 0.2) is 0 Å². The lowest BCUT2D eigenvalue weighted by molar-refractivity contribution is 0.0526. The summed E-state index contributed by atoms with van der Waals surface area (Å²) in [6.07, 6.45) is 1.51. The van der Waals surface area contributed by atoms with Gasteiger partial charge in [-0.05, 0) is 41.6 Å². The summed E-state index contributed by atoms with van der Waals surface area (Å²) in [6.45, 7) is 2.17. The molecule has 0 aliphatic carbocycles. The van der Waals surface area contributed by atoms with Crippen molar-refractivity contribution in [2.75, 3.05) is 6.61 Å². The Hall–Kier alpha value is -0.650. The highest BCUT2D eigenvalue weighted by Crippen LogP contribution is 2.03. The van der Waals surface area contributed by atoms with Crippen LogP contribution in [0.4, 0.5) is 0 Å². The van der Waals surface area contributed by atoms with Gasteiger partial charge in [0.05, 0.1) is 12.2 Å². The summed E-state index contributed by atoms with van der Waals surface area (Å²) in [4.78, 5) is 15.1. The lowest BCUT2D eigenvalue weighted by atomic mass is 10.3. The van der Waals surface area contributed by atoms with Crippen LogP contribution in [0.2, 0.25) is 0 Å². The Morgan fingerprint density at radius 3 is 2.92 bits per heavy atom. The van der Waals surface area contributed by atoms with Crippen LogP contribution in [-0.4, -0.2) is 17.6 Å². The molecular weight excluding hydrogens is 269 g/mol. The van der Waals surface area contributed by atoms with Gasteiger partial charge in [0, 0.05) is 6.20 Å². The number of hydrogen-bond donors (Lipinski definition) is 0. The minimum Gasteiger partial charge on any atom is -0.462 e. The van der Waals surface area contributed by atoms with E-state index in [1.807, 2.05) is 0 Å². The topological polar surface area (TPSA) is 39.2 Å². The number of hydrogen-bond acceptors (Lipinski definition) is 3. The van der Waals surface area contributed by atoms with Crippen molar-refractivity contribution in [2.24, 2.45) is 0 Å². The molecule has 1 aromatic rings. The number of halogens is 1. The molecule has 0 aromatic carbocycles. The number of pyridine rings is 1. The first-order chi connectivity index (χ1) is 5.74. The average Bonchev–Trinajstić information content (AvgIpc) is 2.06. The van der Waals surface area contributed by atoms with Gasteiger partial charge in [0.25, 0.3) is 0 Å². The number of esters is 1. The second kappa shape index (κ2) is 4.39. The number of nitrogens with zero attached hydrogens (tertiary/aromatic N) is 1. The fraction of sp³-hybridized carbons (Fsp3) is 0.250. The third kappa shape index (κ3) is 2.44. The summed E-state index contributed by atoms with van der Waals surface area (Å²) >= 11 is 2.08. The van der Waals surface area contributed by atoms with Crippen LogP contribution in [0.15, 0.2) is 18.3 Å². The molecule has 0 aliphatic rings. The molecule has 0 N–H and O–H groups in total. The minimum atomic E-state index is -0.318. The van der Waals surface area contributed by atoms with Crippen molar-refractivity contribution in [2.45, 2.75) is 6.92 Å². The van der Waals surface area contributed by atoms with E-state index in [-0.39, 0.29) is 5.97 Å². The van der Waals surface area contributed by atoms with Gasteiger partial charge < -0.3 is 4.74 Å². The van der Waals surface area contributed by atoms with Crippen LogP contribution >= 0.6 is 22.6 Å². The molecule has 1 rings (SSSR count). The maximum Gasteiger partial charge on any atom is 0.339 e. The molecule has 0 saturated carbocycles. The molecule has 0 radical (unpaired) electrons. The van der Waals surface area contributed by atoms with Gasteiger partial charge in [0.2, 0.25) is 0 Å². The molecule has 1 aromatic heterocycles. The molecule has 64 valence electrons. The van der Waals surface area contributed by atoms with Crippen molar-refractivity contribution >= 4 is 28.6 Å². The van der Waals surface area contributed by atoms with Crippen LogP contribution in [0.3, 0.4) is 0 Å². The second-order valence-electron chi connectivity index (χ2n) is 2.09. The van der Waals surface area contributed by atoms with Crippen molar-refractivity contribution in [1.82, 2.24) is 4.98 Å². The first kappa shape index (κ1) is 9.44. The summed E-state index contributed by atoms with van der Waals surface area (Å²) in [6, 6.07) is 3.47. The molecule has 0 amide bonds. The molecule has 0 fully saturated rings. The third-order valence-corrected chi connectivity index (χ3v) is 1.88. The van der Waals surface area contributed by atoms with Crippen molar-refractivity contribution in [3.63, 3.8) is 0 Å². The first-order valence-corrected chi connectivity index (χ1v) is 4.60. The van der Waals surface area contributed by atoms with Crippen LogP contribution in [0.25, 0.3) is 0 Å². The van der Waals surface area contributed by atoms with Gasteiger partial charge in [0.1, 0.15) is 3.70 Å².